The summed E-state index contributed by atoms with van der Waals surface area (Å²) in [5, 5.41) is 7.68. The third-order valence-corrected chi connectivity index (χ3v) is 5.49. The number of carbonyl (C=O) groups is 1. The SMILES string of the molecule is CCN1CCCC1CNC(=O)c1cnn(-c2cccc(C)c2)c1-n1cccc1. The molecule has 3 aromatic rings. The second kappa shape index (κ2) is 8.02. The number of nitrogens with one attached hydrogen (secondary N) is 1. The lowest BCUT2D eigenvalue weighted by atomic mass is 10.2. The van der Waals surface area contributed by atoms with Crippen molar-refractivity contribution in [2.75, 3.05) is 19.6 Å². The molecular weight excluding hydrogens is 350 g/mol. The van der Waals surface area contributed by atoms with E-state index < -0.39 is 0 Å². The van der Waals surface area contributed by atoms with Crippen molar-refractivity contribution >= 4 is 5.91 Å². The van der Waals surface area contributed by atoms with E-state index in [1.54, 1.807) is 6.20 Å². The fourth-order valence-electron chi connectivity index (χ4n) is 4.02. The van der Waals surface area contributed by atoms with Crippen molar-refractivity contribution in [3.8, 4) is 11.5 Å². The van der Waals surface area contributed by atoms with Crippen LogP contribution in [0.2, 0.25) is 0 Å². The maximum Gasteiger partial charge on any atom is 0.256 e. The first-order chi connectivity index (χ1) is 13.7. The molecule has 6 nitrogen and oxygen atoms in total. The van der Waals surface area contributed by atoms with Crippen LogP contribution in [-0.2, 0) is 0 Å². The fraction of sp³-hybridized carbons (Fsp3) is 0.364. The summed E-state index contributed by atoms with van der Waals surface area (Å²) in [6.07, 6.45) is 7.89. The van der Waals surface area contributed by atoms with Gasteiger partial charge in [-0.3, -0.25) is 9.69 Å². The molecule has 0 aliphatic carbocycles. The second-order valence-electron chi connectivity index (χ2n) is 7.36. The molecule has 0 spiro atoms. The van der Waals surface area contributed by atoms with Crippen molar-refractivity contribution in [1.29, 1.82) is 0 Å². The monoisotopic (exact) mass is 377 g/mol. The third-order valence-electron chi connectivity index (χ3n) is 5.49. The van der Waals surface area contributed by atoms with E-state index >= 15 is 0 Å². The van der Waals surface area contributed by atoms with Crippen molar-refractivity contribution in [2.24, 2.45) is 0 Å². The Morgan fingerprint density at radius 1 is 1.25 bits per heavy atom. The van der Waals surface area contributed by atoms with Gasteiger partial charge in [0.2, 0.25) is 0 Å². The smallest absolute Gasteiger partial charge is 0.256 e. The number of aromatic nitrogens is 3. The van der Waals surface area contributed by atoms with Gasteiger partial charge in [-0.25, -0.2) is 4.68 Å². The molecule has 1 amide bonds. The van der Waals surface area contributed by atoms with E-state index in [1.165, 1.54) is 6.42 Å². The lowest BCUT2D eigenvalue weighted by molar-refractivity contribution is 0.0941. The zero-order valence-electron chi connectivity index (χ0n) is 16.5. The van der Waals surface area contributed by atoms with E-state index in [0.29, 0.717) is 18.2 Å². The van der Waals surface area contributed by atoms with E-state index in [0.717, 1.165) is 36.6 Å². The summed E-state index contributed by atoms with van der Waals surface area (Å²) in [7, 11) is 0. The molecule has 1 N–H and O–H groups in total. The van der Waals surface area contributed by atoms with Gasteiger partial charge < -0.3 is 9.88 Å². The molecule has 1 fully saturated rings. The minimum Gasteiger partial charge on any atom is -0.350 e. The Morgan fingerprint density at radius 3 is 2.82 bits per heavy atom. The topological polar surface area (TPSA) is 55.1 Å². The summed E-state index contributed by atoms with van der Waals surface area (Å²) >= 11 is 0. The predicted octanol–water partition coefficient (Wildman–Crippen LogP) is 3.19. The lowest BCUT2D eigenvalue weighted by Crippen LogP contribution is -2.40. The zero-order valence-corrected chi connectivity index (χ0v) is 16.5. The van der Waals surface area contributed by atoms with Gasteiger partial charge in [0.05, 0.1) is 11.9 Å². The molecule has 0 radical (unpaired) electrons. The standard InChI is InChI=1S/C22H27N5O/c1-3-25-13-7-10-19(25)15-23-21(28)20-16-24-27(18-9-6-8-17(2)14-18)22(20)26-11-4-5-12-26/h4-6,8-9,11-12,14,16,19H,3,7,10,13,15H2,1-2H3,(H,23,28). The highest BCUT2D eigenvalue weighted by atomic mass is 16.1. The average Bonchev–Trinajstić information content (AvgIpc) is 3.45. The van der Waals surface area contributed by atoms with Crippen LogP contribution < -0.4 is 5.32 Å². The minimum absolute atomic E-state index is 0.0782. The number of aryl methyl sites for hydroxylation is 1. The summed E-state index contributed by atoms with van der Waals surface area (Å²) < 4.78 is 3.77. The van der Waals surface area contributed by atoms with Crippen LogP contribution in [0.4, 0.5) is 0 Å². The summed E-state index contributed by atoms with van der Waals surface area (Å²) in [5.41, 5.74) is 2.67. The van der Waals surface area contributed by atoms with Gasteiger partial charge in [0.1, 0.15) is 5.56 Å². The summed E-state index contributed by atoms with van der Waals surface area (Å²) in [4.78, 5) is 15.5. The highest BCUT2D eigenvalue weighted by molar-refractivity contribution is 5.97. The Morgan fingerprint density at radius 2 is 2.07 bits per heavy atom. The van der Waals surface area contributed by atoms with E-state index in [4.69, 9.17) is 0 Å². The van der Waals surface area contributed by atoms with Crippen molar-refractivity contribution in [1.82, 2.24) is 24.6 Å². The van der Waals surface area contributed by atoms with E-state index in [-0.39, 0.29) is 5.91 Å². The van der Waals surface area contributed by atoms with Crippen molar-refractivity contribution in [2.45, 2.75) is 32.7 Å². The molecule has 0 saturated carbocycles. The molecule has 1 unspecified atom stereocenters. The Kier molecular flexibility index (Phi) is 5.30. The number of amides is 1. The maximum absolute atomic E-state index is 13.0. The molecule has 1 aliphatic heterocycles. The molecule has 28 heavy (non-hydrogen) atoms. The van der Waals surface area contributed by atoms with E-state index in [1.807, 2.05) is 45.9 Å². The maximum atomic E-state index is 13.0. The van der Waals surface area contributed by atoms with Crippen LogP contribution in [0.3, 0.4) is 0 Å². The van der Waals surface area contributed by atoms with Gasteiger partial charge in [0.25, 0.3) is 5.91 Å². The quantitative estimate of drug-likeness (QED) is 0.718. The van der Waals surface area contributed by atoms with Gasteiger partial charge in [0.15, 0.2) is 5.82 Å². The average molecular weight is 377 g/mol. The largest absolute Gasteiger partial charge is 0.350 e. The Labute approximate surface area is 165 Å². The van der Waals surface area contributed by atoms with Gasteiger partial charge in [0, 0.05) is 25.0 Å². The molecule has 146 valence electrons. The first kappa shape index (κ1) is 18.5. The lowest BCUT2D eigenvalue weighted by Gasteiger charge is -2.22. The van der Waals surface area contributed by atoms with Crippen molar-refractivity contribution in [3.63, 3.8) is 0 Å². The Balaban J connectivity index is 1.63. The zero-order chi connectivity index (χ0) is 19.5. The van der Waals surface area contributed by atoms with Gasteiger partial charge in [-0.1, -0.05) is 19.1 Å². The normalized spacial score (nSPS) is 17.1. The fourth-order valence-corrected chi connectivity index (χ4v) is 4.02. The number of hydrogen-bond donors (Lipinski definition) is 1. The second-order valence-corrected chi connectivity index (χ2v) is 7.36. The van der Waals surface area contributed by atoms with Crippen LogP contribution >= 0.6 is 0 Å². The van der Waals surface area contributed by atoms with Crippen LogP contribution in [0.5, 0.6) is 0 Å². The van der Waals surface area contributed by atoms with Gasteiger partial charge in [-0.15, -0.1) is 0 Å². The first-order valence-corrected chi connectivity index (χ1v) is 9.98. The van der Waals surface area contributed by atoms with Gasteiger partial charge in [-0.2, -0.15) is 5.10 Å². The molecule has 4 rings (SSSR count). The van der Waals surface area contributed by atoms with Crippen molar-refractivity contribution < 1.29 is 4.79 Å². The van der Waals surface area contributed by atoms with Crippen LogP contribution in [0.1, 0.15) is 35.7 Å². The molecule has 0 bridgehead atoms. The molecule has 1 saturated heterocycles. The number of benzene rings is 1. The molecule has 1 aliphatic rings. The van der Waals surface area contributed by atoms with Crippen molar-refractivity contribution in [3.05, 3.63) is 66.1 Å². The summed E-state index contributed by atoms with van der Waals surface area (Å²) in [6, 6.07) is 12.5. The molecular formula is C22H27N5O. The number of hydrogen-bond acceptors (Lipinski definition) is 3. The number of rotatable bonds is 6. The third kappa shape index (κ3) is 3.60. The number of carbonyl (C=O) groups excluding carboxylic acids is 1. The molecule has 1 aromatic carbocycles. The Hall–Kier alpha value is -2.86. The molecule has 1 atom stereocenters. The van der Waals surface area contributed by atoms with E-state index in [9.17, 15) is 4.79 Å². The first-order valence-electron chi connectivity index (χ1n) is 9.98. The summed E-state index contributed by atoms with van der Waals surface area (Å²) in [5.74, 6) is 0.678. The molecule has 3 heterocycles. The van der Waals surface area contributed by atoms with Gasteiger partial charge >= 0.3 is 0 Å². The number of likely N-dealkylation sites (tertiary alicyclic amines) is 1. The molecule has 6 heteroatoms. The number of nitrogens with zero attached hydrogens (tertiary/aromatic N) is 4. The minimum atomic E-state index is -0.0782. The number of likely N-dealkylation sites (N-methyl/N-ethyl adjacent to an activating group) is 1. The highest BCUT2D eigenvalue weighted by Crippen LogP contribution is 2.21. The van der Waals surface area contributed by atoms with E-state index in [2.05, 4.69) is 41.3 Å². The van der Waals surface area contributed by atoms with Gasteiger partial charge in [-0.05, 0) is 62.7 Å². The van der Waals surface area contributed by atoms with Crippen LogP contribution in [0.15, 0.2) is 55.0 Å². The predicted molar refractivity (Wildman–Crippen MR) is 110 cm³/mol. The Bertz CT molecular complexity index is 944. The van der Waals surface area contributed by atoms with Crippen LogP contribution in [0.25, 0.3) is 11.5 Å². The summed E-state index contributed by atoms with van der Waals surface area (Å²) in [6.45, 7) is 7.05. The highest BCUT2D eigenvalue weighted by Gasteiger charge is 2.25. The molecule has 2 aromatic heterocycles. The van der Waals surface area contributed by atoms with Crippen LogP contribution in [0, 0.1) is 6.92 Å². The van der Waals surface area contributed by atoms with Crippen LogP contribution in [-0.4, -0.2) is 50.8 Å².